The van der Waals surface area contributed by atoms with Crippen molar-refractivity contribution >= 4 is 0 Å². The fourth-order valence-electron chi connectivity index (χ4n) is 3.47. The van der Waals surface area contributed by atoms with E-state index < -0.39 is 0 Å². The first kappa shape index (κ1) is 12.6. The molecule has 1 atom stereocenters. The maximum atomic E-state index is 3.50. The van der Waals surface area contributed by atoms with Gasteiger partial charge in [0, 0.05) is 6.04 Å². The molecule has 0 aromatic heterocycles. The highest BCUT2D eigenvalue weighted by atomic mass is 14.9. The molecular formula is C16H25N. The molecule has 0 saturated heterocycles. The normalized spacial score (nSPS) is 21.6. The van der Waals surface area contributed by atoms with Crippen LogP contribution in [0.2, 0.25) is 0 Å². The Morgan fingerprint density at radius 2 is 1.76 bits per heavy atom. The van der Waals surface area contributed by atoms with Gasteiger partial charge in [-0.05, 0) is 54.0 Å². The molecule has 1 aliphatic rings. The van der Waals surface area contributed by atoms with Gasteiger partial charge in [0.1, 0.15) is 0 Å². The first-order valence-corrected chi connectivity index (χ1v) is 6.87. The third-order valence-electron chi connectivity index (χ3n) is 4.27. The first-order valence-electron chi connectivity index (χ1n) is 6.87. The predicted molar refractivity (Wildman–Crippen MR) is 74.6 cm³/mol. The molecule has 2 rings (SSSR count). The van der Waals surface area contributed by atoms with Crippen molar-refractivity contribution < 1.29 is 0 Å². The predicted octanol–water partition coefficient (Wildman–Crippen LogP) is 3.75. The minimum atomic E-state index is 0.319. The summed E-state index contributed by atoms with van der Waals surface area (Å²) in [5, 5.41) is 3.50. The van der Waals surface area contributed by atoms with Gasteiger partial charge in [0.05, 0.1) is 0 Å². The highest BCUT2D eigenvalue weighted by Gasteiger charge is 2.38. The Bertz CT molecular complexity index is 418. The van der Waals surface area contributed by atoms with E-state index >= 15 is 0 Å². The minimum absolute atomic E-state index is 0.319. The SMILES string of the molecule is CCc1ccc(CC)c2c1C(NC)CC2(C)C. The Hall–Kier alpha value is -0.820. The van der Waals surface area contributed by atoms with Gasteiger partial charge < -0.3 is 5.32 Å². The van der Waals surface area contributed by atoms with Gasteiger partial charge in [-0.2, -0.15) is 0 Å². The summed E-state index contributed by atoms with van der Waals surface area (Å²) in [6.45, 7) is 9.31. The lowest BCUT2D eigenvalue weighted by Crippen LogP contribution is -2.18. The van der Waals surface area contributed by atoms with Crippen molar-refractivity contribution in [3.8, 4) is 0 Å². The van der Waals surface area contributed by atoms with Gasteiger partial charge in [-0.25, -0.2) is 0 Å². The molecular weight excluding hydrogens is 206 g/mol. The lowest BCUT2D eigenvalue weighted by molar-refractivity contribution is 0.445. The summed E-state index contributed by atoms with van der Waals surface area (Å²) < 4.78 is 0. The molecule has 1 nitrogen and oxygen atoms in total. The van der Waals surface area contributed by atoms with Crippen molar-refractivity contribution in [1.82, 2.24) is 5.32 Å². The van der Waals surface area contributed by atoms with E-state index in [9.17, 15) is 0 Å². The van der Waals surface area contributed by atoms with E-state index in [1.54, 1.807) is 16.7 Å². The van der Waals surface area contributed by atoms with E-state index in [1.807, 2.05) is 0 Å². The van der Waals surface area contributed by atoms with Gasteiger partial charge in [-0.1, -0.05) is 39.8 Å². The molecule has 0 heterocycles. The quantitative estimate of drug-likeness (QED) is 0.835. The zero-order valence-electron chi connectivity index (χ0n) is 11.9. The number of nitrogens with one attached hydrogen (secondary N) is 1. The largest absolute Gasteiger partial charge is 0.313 e. The van der Waals surface area contributed by atoms with Crippen LogP contribution in [-0.2, 0) is 18.3 Å². The van der Waals surface area contributed by atoms with E-state index in [0.29, 0.717) is 11.5 Å². The summed E-state index contributed by atoms with van der Waals surface area (Å²) in [6, 6.07) is 5.22. The topological polar surface area (TPSA) is 12.0 Å². The van der Waals surface area contributed by atoms with Crippen LogP contribution in [-0.4, -0.2) is 7.05 Å². The van der Waals surface area contributed by atoms with E-state index in [0.717, 1.165) is 12.8 Å². The first-order chi connectivity index (χ1) is 8.05. The van der Waals surface area contributed by atoms with Crippen LogP contribution in [0.5, 0.6) is 0 Å². The molecule has 0 fully saturated rings. The molecule has 1 aliphatic carbocycles. The van der Waals surface area contributed by atoms with Crippen LogP contribution in [0.4, 0.5) is 0 Å². The molecule has 1 unspecified atom stereocenters. The summed E-state index contributed by atoms with van der Waals surface area (Å²) in [4.78, 5) is 0. The van der Waals surface area contributed by atoms with Crippen LogP contribution >= 0.6 is 0 Å². The van der Waals surface area contributed by atoms with E-state index in [-0.39, 0.29) is 0 Å². The van der Waals surface area contributed by atoms with Gasteiger partial charge >= 0.3 is 0 Å². The highest BCUT2D eigenvalue weighted by molar-refractivity contribution is 5.51. The second-order valence-electron chi connectivity index (χ2n) is 5.81. The Labute approximate surface area is 106 Å². The van der Waals surface area contributed by atoms with Gasteiger partial charge in [0.15, 0.2) is 0 Å². The Morgan fingerprint density at radius 1 is 1.18 bits per heavy atom. The third-order valence-corrected chi connectivity index (χ3v) is 4.27. The van der Waals surface area contributed by atoms with Gasteiger partial charge in [0.25, 0.3) is 0 Å². The molecule has 1 N–H and O–H groups in total. The zero-order valence-corrected chi connectivity index (χ0v) is 11.9. The fraction of sp³-hybridized carbons (Fsp3) is 0.625. The monoisotopic (exact) mass is 231 g/mol. The molecule has 0 radical (unpaired) electrons. The lowest BCUT2D eigenvalue weighted by Gasteiger charge is -2.22. The summed E-state index contributed by atoms with van der Waals surface area (Å²) in [5.74, 6) is 0. The number of fused-ring (bicyclic) bond motifs is 1. The molecule has 1 aromatic rings. The lowest BCUT2D eigenvalue weighted by atomic mass is 9.82. The number of hydrogen-bond acceptors (Lipinski definition) is 1. The Morgan fingerprint density at radius 3 is 2.29 bits per heavy atom. The van der Waals surface area contributed by atoms with E-state index in [1.165, 1.54) is 12.0 Å². The maximum absolute atomic E-state index is 3.50. The van der Waals surface area contributed by atoms with Crippen molar-refractivity contribution in [1.29, 1.82) is 0 Å². The second-order valence-corrected chi connectivity index (χ2v) is 5.81. The zero-order chi connectivity index (χ0) is 12.6. The van der Waals surface area contributed by atoms with E-state index in [2.05, 4.69) is 52.2 Å². The summed E-state index contributed by atoms with van der Waals surface area (Å²) in [5.41, 5.74) is 6.61. The Kier molecular flexibility index (Phi) is 3.31. The maximum Gasteiger partial charge on any atom is 0.0331 e. The van der Waals surface area contributed by atoms with Crippen molar-refractivity contribution in [3.63, 3.8) is 0 Å². The van der Waals surface area contributed by atoms with Crippen LogP contribution in [0.25, 0.3) is 0 Å². The van der Waals surface area contributed by atoms with Crippen molar-refractivity contribution in [2.45, 2.75) is 58.4 Å². The van der Waals surface area contributed by atoms with Crippen LogP contribution < -0.4 is 5.32 Å². The van der Waals surface area contributed by atoms with E-state index in [4.69, 9.17) is 0 Å². The molecule has 0 saturated carbocycles. The average Bonchev–Trinajstić information content (AvgIpc) is 2.61. The summed E-state index contributed by atoms with van der Waals surface area (Å²) >= 11 is 0. The number of hydrogen-bond donors (Lipinski definition) is 1. The molecule has 1 heteroatoms. The van der Waals surface area contributed by atoms with Crippen molar-refractivity contribution in [2.24, 2.45) is 0 Å². The standard InChI is InChI=1S/C16H25N/c1-6-11-8-9-12(7-2)15-14(11)13(17-5)10-16(15,3)4/h8-9,13,17H,6-7,10H2,1-5H3. The average molecular weight is 231 g/mol. The van der Waals surface area contributed by atoms with Gasteiger partial charge in [0.2, 0.25) is 0 Å². The van der Waals surface area contributed by atoms with Crippen molar-refractivity contribution in [3.05, 3.63) is 34.4 Å². The van der Waals surface area contributed by atoms with Crippen LogP contribution in [0.1, 0.15) is 62.4 Å². The molecule has 94 valence electrons. The van der Waals surface area contributed by atoms with Crippen LogP contribution in [0.15, 0.2) is 12.1 Å². The molecule has 17 heavy (non-hydrogen) atoms. The fourth-order valence-corrected chi connectivity index (χ4v) is 3.47. The number of benzene rings is 1. The minimum Gasteiger partial charge on any atom is -0.313 e. The number of rotatable bonds is 3. The number of aryl methyl sites for hydroxylation is 2. The molecule has 1 aromatic carbocycles. The second kappa shape index (κ2) is 4.45. The van der Waals surface area contributed by atoms with Gasteiger partial charge in [-0.15, -0.1) is 0 Å². The van der Waals surface area contributed by atoms with Gasteiger partial charge in [-0.3, -0.25) is 0 Å². The Balaban J connectivity index is 2.67. The van der Waals surface area contributed by atoms with Crippen LogP contribution in [0, 0.1) is 0 Å². The highest BCUT2D eigenvalue weighted by Crippen LogP contribution is 2.47. The van der Waals surface area contributed by atoms with Crippen LogP contribution in [0.3, 0.4) is 0 Å². The molecule has 0 spiro atoms. The third kappa shape index (κ3) is 1.91. The smallest absolute Gasteiger partial charge is 0.0331 e. The molecule has 0 bridgehead atoms. The molecule has 0 aliphatic heterocycles. The summed E-state index contributed by atoms with van der Waals surface area (Å²) in [7, 11) is 2.09. The molecule has 0 amide bonds. The summed E-state index contributed by atoms with van der Waals surface area (Å²) in [6.07, 6.45) is 3.51. The van der Waals surface area contributed by atoms with Crippen molar-refractivity contribution in [2.75, 3.05) is 7.05 Å².